The molecule has 1 aromatic rings. The van der Waals surface area contributed by atoms with Crippen LogP contribution < -0.4 is 5.73 Å². The van der Waals surface area contributed by atoms with E-state index in [0.717, 1.165) is 32.2 Å². The van der Waals surface area contributed by atoms with Gasteiger partial charge in [0.15, 0.2) is 0 Å². The van der Waals surface area contributed by atoms with Crippen LogP contribution in [-0.2, 0) is 12.8 Å². The molecule has 0 aliphatic heterocycles. The summed E-state index contributed by atoms with van der Waals surface area (Å²) in [6, 6.07) is 6.62. The molecule has 0 fully saturated rings. The minimum Gasteiger partial charge on any atom is -0.330 e. The lowest BCUT2D eigenvalue weighted by molar-refractivity contribution is 0.870. The van der Waals surface area contributed by atoms with Crippen LogP contribution in [0.3, 0.4) is 0 Å². The third kappa shape index (κ3) is 3.72. The summed E-state index contributed by atoms with van der Waals surface area (Å²) in [5.74, 6) is 6.47. The lowest BCUT2D eigenvalue weighted by Gasteiger charge is -2.04. The van der Waals surface area contributed by atoms with Gasteiger partial charge in [-0.2, -0.15) is 0 Å². The van der Waals surface area contributed by atoms with Crippen LogP contribution in [0, 0.1) is 11.8 Å². The van der Waals surface area contributed by atoms with Crippen LogP contribution in [0.15, 0.2) is 18.2 Å². The Bertz CT molecular complexity index is 382. The van der Waals surface area contributed by atoms with Gasteiger partial charge in [-0.15, -0.1) is 0 Å². The topological polar surface area (TPSA) is 26.0 Å². The molecule has 1 rings (SSSR count). The van der Waals surface area contributed by atoms with E-state index >= 15 is 0 Å². The number of hydrogen-bond donors (Lipinski definition) is 1. The monoisotopic (exact) mass is 215 g/mol. The maximum atomic E-state index is 5.44. The van der Waals surface area contributed by atoms with Gasteiger partial charge in [0.05, 0.1) is 0 Å². The molecule has 0 unspecified atom stereocenters. The van der Waals surface area contributed by atoms with E-state index in [4.69, 9.17) is 5.73 Å². The highest BCUT2D eigenvalue weighted by molar-refractivity contribution is 5.44. The molecule has 0 spiro atoms. The number of aryl methyl sites for hydroxylation is 2. The zero-order valence-corrected chi connectivity index (χ0v) is 10.3. The Morgan fingerprint density at radius 2 is 2.00 bits per heavy atom. The molecule has 1 aromatic carbocycles. The first-order chi connectivity index (χ1) is 7.81. The number of benzene rings is 1. The van der Waals surface area contributed by atoms with Gasteiger partial charge < -0.3 is 5.73 Å². The summed E-state index contributed by atoms with van der Waals surface area (Å²) in [5.41, 5.74) is 9.34. The Kier molecular flexibility index (Phi) is 5.67. The van der Waals surface area contributed by atoms with Crippen LogP contribution in [0.5, 0.6) is 0 Å². The molecule has 0 radical (unpaired) electrons. The zero-order chi connectivity index (χ0) is 11.8. The number of hydrogen-bond acceptors (Lipinski definition) is 1. The predicted molar refractivity (Wildman–Crippen MR) is 70.4 cm³/mol. The molecule has 0 aromatic heterocycles. The summed E-state index contributed by atoms with van der Waals surface area (Å²) in [7, 11) is 0. The minimum absolute atomic E-state index is 0.727. The highest BCUT2D eigenvalue weighted by atomic mass is 14.5. The molecule has 16 heavy (non-hydrogen) atoms. The molecular weight excluding hydrogens is 194 g/mol. The molecule has 0 heterocycles. The van der Waals surface area contributed by atoms with E-state index in [9.17, 15) is 0 Å². The van der Waals surface area contributed by atoms with Crippen LogP contribution in [0.2, 0.25) is 0 Å². The minimum atomic E-state index is 0.727. The van der Waals surface area contributed by atoms with Crippen LogP contribution >= 0.6 is 0 Å². The average Bonchev–Trinajstić information content (AvgIpc) is 2.34. The van der Waals surface area contributed by atoms with Gasteiger partial charge in [0.2, 0.25) is 0 Å². The van der Waals surface area contributed by atoms with Gasteiger partial charge in [-0.25, -0.2) is 0 Å². The average molecular weight is 215 g/mol. The first-order valence-corrected chi connectivity index (χ1v) is 6.12. The van der Waals surface area contributed by atoms with Gasteiger partial charge in [0.25, 0.3) is 0 Å². The van der Waals surface area contributed by atoms with Gasteiger partial charge in [-0.1, -0.05) is 37.8 Å². The Morgan fingerprint density at radius 3 is 2.62 bits per heavy atom. The molecule has 86 valence electrons. The highest BCUT2D eigenvalue weighted by Gasteiger charge is 1.98. The molecular formula is C15H21N. The fraction of sp³-hybridized carbons (Fsp3) is 0.467. The second kappa shape index (κ2) is 7.09. The second-order valence-electron chi connectivity index (χ2n) is 3.89. The number of rotatable bonds is 4. The summed E-state index contributed by atoms with van der Waals surface area (Å²) in [4.78, 5) is 0. The summed E-state index contributed by atoms with van der Waals surface area (Å²) in [5, 5.41) is 0. The van der Waals surface area contributed by atoms with Gasteiger partial charge in [-0.05, 0) is 43.0 Å². The number of unbranched alkanes of at least 4 members (excludes halogenated alkanes) is 1. The Labute approximate surface area is 99.1 Å². The number of nitrogens with two attached hydrogens (primary N) is 1. The van der Waals surface area contributed by atoms with Gasteiger partial charge in [0, 0.05) is 12.0 Å². The van der Waals surface area contributed by atoms with Crippen molar-refractivity contribution in [3.05, 3.63) is 34.9 Å². The van der Waals surface area contributed by atoms with E-state index < -0.39 is 0 Å². The zero-order valence-electron chi connectivity index (χ0n) is 10.3. The van der Waals surface area contributed by atoms with Crippen molar-refractivity contribution >= 4 is 0 Å². The summed E-state index contributed by atoms with van der Waals surface area (Å²) in [6.45, 7) is 5.07. The molecule has 2 N–H and O–H groups in total. The fourth-order valence-electron chi connectivity index (χ4n) is 1.62. The molecule has 0 amide bonds. The maximum absolute atomic E-state index is 5.44. The lowest BCUT2D eigenvalue weighted by atomic mass is 10.0. The summed E-state index contributed by atoms with van der Waals surface area (Å²) in [6.07, 6.45) is 4.00. The van der Waals surface area contributed by atoms with E-state index in [2.05, 4.69) is 43.9 Å². The molecule has 1 heteroatoms. The van der Waals surface area contributed by atoms with Crippen molar-refractivity contribution in [2.24, 2.45) is 5.73 Å². The van der Waals surface area contributed by atoms with Crippen molar-refractivity contribution in [3.8, 4) is 11.8 Å². The van der Waals surface area contributed by atoms with E-state index in [1.807, 2.05) is 0 Å². The first-order valence-electron chi connectivity index (χ1n) is 6.12. The van der Waals surface area contributed by atoms with Crippen molar-refractivity contribution in [2.45, 2.75) is 39.5 Å². The predicted octanol–water partition coefficient (Wildman–Crippen LogP) is 2.90. The lowest BCUT2D eigenvalue weighted by Crippen LogP contribution is -1.96. The Morgan fingerprint density at radius 1 is 1.19 bits per heavy atom. The van der Waals surface area contributed by atoms with E-state index in [1.165, 1.54) is 16.7 Å². The van der Waals surface area contributed by atoms with E-state index in [1.54, 1.807) is 0 Å². The maximum Gasteiger partial charge on any atom is 0.0279 e. The van der Waals surface area contributed by atoms with E-state index in [-0.39, 0.29) is 0 Å². The van der Waals surface area contributed by atoms with Crippen molar-refractivity contribution < 1.29 is 0 Å². The fourth-order valence-corrected chi connectivity index (χ4v) is 1.62. The summed E-state index contributed by atoms with van der Waals surface area (Å²) >= 11 is 0. The van der Waals surface area contributed by atoms with Crippen LogP contribution in [-0.4, -0.2) is 6.54 Å². The first kappa shape index (κ1) is 12.8. The van der Waals surface area contributed by atoms with Gasteiger partial charge in [0.1, 0.15) is 0 Å². The third-order valence-corrected chi connectivity index (χ3v) is 2.69. The molecule has 1 nitrogen and oxygen atoms in total. The Hall–Kier alpha value is -1.26. The van der Waals surface area contributed by atoms with Crippen LogP contribution in [0.25, 0.3) is 0 Å². The second-order valence-corrected chi connectivity index (χ2v) is 3.89. The van der Waals surface area contributed by atoms with Crippen LogP contribution in [0.4, 0.5) is 0 Å². The summed E-state index contributed by atoms with van der Waals surface area (Å²) < 4.78 is 0. The molecule has 0 saturated carbocycles. The SMILES string of the molecule is CCc1ccc(CC)c(C#CCCCN)c1. The smallest absolute Gasteiger partial charge is 0.0279 e. The van der Waals surface area contributed by atoms with Crippen molar-refractivity contribution in [2.75, 3.05) is 6.54 Å². The van der Waals surface area contributed by atoms with Crippen LogP contribution in [0.1, 0.15) is 43.4 Å². The molecule has 0 bridgehead atoms. The third-order valence-electron chi connectivity index (χ3n) is 2.69. The Balaban J connectivity index is 2.85. The van der Waals surface area contributed by atoms with E-state index in [0.29, 0.717) is 0 Å². The van der Waals surface area contributed by atoms with Gasteiger partial charge in [-0.3, -0.25) is 0 Å². The quantitative estimate of drug-likeness (QED) is 0.606. The van der Waals surface area contributed by atoms with Crippen molar-refractivity contribution in [1.82, 2.24) is 0 Å². The van der Waals surface area contributed by atoms with Gasteiger partial charge >= 0.3 is 0 Å². The standard InChI is InChI=1S/C15H21N/c1-3-13-9-10-14(4-2)15(12-13)8-6-5-7-11-16/h9-10,12H,3-5,7,11,16H2,1-2H3. The van der Waals surface area contributed by atoms with Crippen molar-refractivity contribution in [1.29, 1.82) is 0 Å². The largest absolute Gasteiger partial charge is 0.330 e. The molecule has 0 aliphatic rings. The van der Waals surface area contributed by atoms with Crippen molar-refractivity contribution in [3.63, 3.8) is 0 Å². The molecule has 0 aliphatic carbocycles. The molecule has 0 atom stereocenters. The molecule has 0 saturated heterocycles. The highest BCUT2D eigenvalue weighted by Crippen LogP contribution is 2.12. The normalized spacial score (nSPS) is 9.69.